The van der Waals surface area contributed by atoms with Crippen LogP contribution in [0.5, 0.6) is 0 Å². The van der Waals surface area contributed by atoms with Crippen LogP contribution < -0.4 is 0 Å². The lowest BCUT2D eigenvalue weighted by molar-refractivity contribution is -0.0369. The van der Waals surface area contributed by atoms with E-state index >= 15 is 0 Å². The molecule has 0 aromatic rings. The monoisotopic (exact) mass is 212 g/mol. The molecule has 1 aliphatic rings. The Bertz CT molecular complexity index is 194. The van der Waals surface area contributed by atoms with Crippen molar-refractivity contribution in [1.29, 1.82) is 0 Å². The summed E-state index contributed by atoms with van der Waals surface area (Å²) in [5, 5.41) is 10.7. The first kappa shape index (κ1) is 13.0. The third kappa shape index (κ3) is 3.21. The predicted molar refractivity (Wildman–Crippen MR) is 65.9 cm³/mol. The highest BCUT2D eigenvalue weighted by Gasteiger charge is 2.38. The van der Waals surface area contributed by atoms with Crippen LogP contribution >= 0.6 is 0 Å². The van der Waals surface area contributed by atoms with Crippen LogP contribution in [0.1, 0.15) is 72.6 Å². The summed E-state index contributed by atoms with van der Waals surface area (Å²) in [6.07, 6.45) is 7.91. The Kier molecular flexibility index (Phi) is 4.22. The third-order valence-corrected chi connectivity index (χ3v) is 4.44. The van der Waals surface area contributed by atoms with Crippen molar-refractivity contribution in [3.8, 4) is 0 Å². The molecular formula is C14H28O. The lowest BCUT2D eigenvalue weighted by Crippen LogP contribution is -2.37. The fraction of sp³-hybridized carbons (Fsp3) is 1.00. The van der Waals surface area contributed by atoms with Gasteiger partial charge in [-0.15, -0.1) is 0 Å². The van der Waals surface area contributed by atoms with E-state index in [9.17, 15) is 5.11 Å². The molecule has 1 heteroatoms. The van der Waals surface area contributed by atoms with Crippen LogP contribution in [0.25, 0.3) is 0 Å². The second-order valence-electron chi connectivity index (χ2n) is 6.13. The molecule has 1 unspecified atom stereocenters. The molecule has 0 aromatic heterocycles. The Morgan fingerprint density at radius 1 is 1.00 bits per heavy atom. The number of rotatable bonds is 3. The van der Waals surface area contributed by atoms with E-state index < -0.39 is 0 Å². The zero-order valence-corrected chi connectivity index (χ0v) is 11.0. The largest absolute Gasteiger partial charge is 0.390 e. The molecule has 0 aromatic carbocycles. The molecular weight excluding hydrogens is 184 g/mol. The summed E-state index contributed by atoms with van der Waals surface area (Å²) in [5.74, 6) is 0.506. The van der Waals surface area contributed by atoms with Crippen LogP contribution in [-0.2, 0) is 0 Å². The fourth-order valence-corrected chi connectivity index (χ4v) is 3.13. The lowest BCUT2D eigenvalue weighted by atomic mass is 9.77. The van der Waals surface area contributed by atoms with E-state index in [0.29, 0.717) is 11.3 Å². The SMILES string of the molecule is CCC(CC)C1(O)CCCC(C)(C)CC1. The van der Waals surface area contributed by atoms with Gasteiger partial charge >= 0.3 is 0 Å². The zero-order chi connectivity index (χ0) is 11.5. The average Bonchev–Trinajstić information content (AvgIpc) is 2.29. The molecule has 0 radical (unpaired) electrons. The van der Waals surface area contributed by atoms with Gasteiger partial charge < -0.3 is 5.11 Å². The van der Waals surface area contributed by atoms with E-state index in [0.717, 1.165) is 25.7 Å². The van der Waals surface area contributed by atoms with Crippen LogP contribution in [0, 0.1) is 11.3 Å². The molecule has 0 saturated heterocycles. The molecule has 1 nitrogen and oxygen atoms in total. The van der Waals surface area contributed by atoms with E-state index in [1.807, 2.05) is 0 Å². The summed E-state index contributed by atoms with van der Waals surface area (Å²) in [5.41, 5.74) is 0.0772. The van der Waals surface area contributed by atoms with Crippen molar-refractivity contribution in [2.45, 2.75) is 78.2 Å². The van der Waals surface area contributed by atoms with E-state index in [4.69, 9.17) is 0 Å². The van der Waals surface area contributed by atoms with Crippen LogP contribution in [0.3, 0.4) is 0 Å². The normalized spacial score (nSPS) is 31.6. The maximum absolute atomic E-state index is 10.7. The Morgan fingerprint density at radius 2 is 1.60 bits per heavy atom. The summed E-state index contributed by atoms with van der Waals surface area (Å²) in [6, 6.07) is 0. The minimum absolute atomic E-state index is 0.364. The number of hydrogen-bond donors (Lipinski definition) is 1. The summed E-state index contributed by atoms with van der Waals surface area (Å²) in [4.78, 5) is 0. The Balaban J connectivity index is 2.69. The van der Waals surface area contributed by atoms with Crippen molar-refractivity contribution in [3.63, 3.8) is 0 Å². The first-order valence-corrected chi connectivity index (χ1v) is 6.66. The van der Waals surface area contributed by atoms with Crippen molar-refractivity contribution in [3.05, 3.63) is 0 Å². The number of hydrogen-bond acceptors (Lipinski definition) is 1. The van der Waals surface area contributed by atoms with E-state index in [1.165, 1.54) is 19.3 Å². The molecule has 90 valence electrons. The molecule has 0 bridgehead atoms. The quantitative estimate of drug-likeness (QED) is 0.697. The van der Waals surface area contributed by atoms with E-state index in [2.05, 4.69) is 27.7 Å². The lowest BCUT2D eigenvalue weighted by Gasteiger charge is -2.35. The fourth-order valence-electron chi connectivity index (χ4n) is 3.13. The van der Waals surface area contributed by atoms with Gasteiger partial charge in [0, 0.05) is 0 Å². The second kappa shape index (κ2) is 4.86. The Morgan fingerprint density at radius 3 is 2.13 bits per heavy atom. The van der Waals surface area contributed by atoms with Crippen molar-refractivity contribution in [1.82, 2.24) is 0 Å². The topological polar surface area (TPSA) is 20.2 Å². The summed E-state index contributed by atoms with van der Waals surface area (Å²) in [7, 11) is 0. The first-order valence-electron chi connectivity index (χ1n) is 6.66. The summed E-state index contributed by atoms with van der Waals surface area (Å²) < 4.78 is 0. The standard InChI is InChI=1S/C14H28O/c1-5-12(6-2)14(15)9-7-8-13(3,4)10-11-14/h12,15H,5-11H2,1-4H3. The van der Waals surface area contributed by atoms with E-state index in [1.54, 1.807) is 0 Å². The van der Waals surface area contributed by atoms with Gasteiger partial charge in [0.05, 0.1) is 5.60 Å². The van der Waals surface area contributed by atoms with Gasteiger partial charge in [-0.3, -0.25) is 0 Å². The maximum atomic E-state index is 10.7. The highest BCUT2D eigenvalue weighted by atomic mass is 16.3. The van der Waals surface area contributed by atoms with Gasteiger partial charge in [0.2, 0.25) is 0 Å². The smallest absolute Gasteiger partial charge is 0.0675 e. The zero-order valence-electron chi connectivity index (χ0n) is 11.0. The van der Waals surface area contributed by atoms with Gasteiger partial charge in [-0.05, 0) is 37.0 Å². The summed E-state index contributed by atoms with van der Waals surface area (Å²) >= 11 is 0. The van der Waals surface area contributed by atoms with Gasteiger partial charge in [0.25, 0.3) is 0 Å². The molecule has 1 fully saturated rings. The van der Waals surface area contributed by atoms with Crippen LogP contribution in [0.2, 0.25) is 0 Å². The Labute approximate surface area is 95.3 Å². The molecule has 1 saturated carbocycles. The maximum Gasteiger partial charge on any atom is 0.0675 e. The van der Waals surface area contributed by atoms with Gasteiger partial charge in [-0.25, -0.2) is 0 Å². The van der Waals surface area contributed by atoms with Crippen LogP contribution in [0.15, 0.2) is 0 Å². The molecule has 1 rings (SSSR count). The molecule has 15 heavy (non-hydrogen) atoms. The molecule has 1 aliphatic carbocycles. The molecule has 0 aliphatic heterocycles. The van der Waals surface area contributed by atoms with Crippen molar-refractivity contribution in [2.75, 3.05) is 0 Å². The van der Waals surface area contributed by atoms with Gasteiger partial charge in [-0.2, -0.15) is 0 Å². The molecule has 0 heterocycles. The molecule has 0 spiro atoms. The van der Waals surface area contributed by atoms with Crippen molar-refractivity contribution in [2.24, 2.45) is 11.3 Å². The molecule has 1 atom stereocenters. The third-order valence-electron chi connectivity index (χ3n) is 4.44. The van der Waals surface area contributed by atoms with Crippen LogP contribution in [-0.4, -0.2) is 10.7 Å². The second-order valence-corrected chi connectivity index (χ2v) is 6.13. The molecule has 1 N–H and O–H groups in total. The minimum Gasteiger partial charge on any atom is -0.390 e. The highest BCUT2D eigenvalue weighted by molar-refractivity contribution is 4.90. The molecule has 0 amide bonds. The van der Waals surface area contributed by atoms with Gasteiger partial charge in [-0.1, -0.05) is 47.0 Å². The van der Waals surface area contributed by atoms with Crippen LogP contribution in [0.4, 0.5) is 0 Å². The minimum atomic E-state index is -0.364. The summed E-state index contributed by atoms with van der Waals surface area (Å²) in [6.45, 7) is 9.10. The van der Waals surface area contributed by atoms with Crippen molar-refractivity contribution < 1.29 is 5.11 Å². The highest BCUT2D eigenvalue weighted by Crippen LogP contribution is 2.42. The van der Waals surface area contributed by atoms with E-state index in [-0.39, 0.29) is 5.60 Å². The van der Waals surface area contributed by atoms with Gasteiger partial charge in [0.1, 0.15) is 0 Å². The predicted octanol–water partition coefficient (Wildman–Crippen LogP) is 4.14. The van der Waals surface area contributed by atoms with Crippen molar-refractivity contribution >= 4 is 0 Å². The van der Waals surface area contributed by atoms with Gasteiger partial charge in [0.15, 0.2) is 0 Å². The first-order chi connectivity index (χ1) is 6.93. The average molecular weight is 212 g/mol. The number of aliphatic hydroxyl groups is 1. The Hall–Kier alpha value is -0.0400.